The quantitative estimate of drug-likeness (QED) is 0.382. The number of para-hydroxylation sites is 1. The number of nitrogens with zero attached hydrogens (tertiary/aromatic N) is 1. The molecule has 0 saturated carbocycles. The van der Waals surface area contributed by atoms with Crippen LogP contribution in [0, 0.1) is 0 Å². The van der Waals surface area contributed by atoms with E-state index < -0.39 is 6.10 Å². The fourth-order valence-corrected chi connectivity index (χ4v) is 2.88. The Bertz CT molecular complexity index is 1040. The fraction of sp³-hybridized carbons (Fsp3) is 0.200. The highest BCUT2D eigenvalue weighted by Gasteiger charge is 2.14. The van der Waals surface area contributed by atoms with Gasteiger partial charge in [0.05, 0.1) is 20.4 Å². The Labute approximate surface area is 187 Å². The summed E-state index contributed by atoms with van der Waals surface area (Å²) in [4.78, 5) is 12.3. The van der Waals surface area contributed by atoms with Gasteiger partial charge in [-0.1, -0.05) is 36.4 Å². The minimum absolute atomic E-state index is 0.382. The highest BCUT2D eigenvalue weighted by Crippen LogP contribution is 2.29. The number of hydrogen-bond donors (Lipinski definition) is 1. The molecule has 0 aliphatic rings. The maximum atomic E-state index is 12.3. The number of carbonyl (C=O) groups excluding carboxylic acids is 1. The number of nitrogens with one attached hydrogen (secondary N) is 1. The molecule has 0 aromatic heterocycles. The number of carbonyl (C=O) groups is 1. The topological polar surface area (TPSA) is 78.4 Å². The summed E-state index contributed by atoms with van der Waals surface area (Å²) in [6.45, 7) is 2.13. The summed E-state index contributed by atoms with van der Waals surface area (Å²) in [5.41, 5.74) is 4.24. The first-order valence-corrected chi connectivity index (χ1v) is 10.1. The van der Waals surface area contributed by atoms with Crippen molar-refractivity contribution in [2.45, 2.75) is 19.6 Å². The number of hydrazone groups is 1. The minimum Gasteiger partial charge on any atom is -0.493 e. The molecule has 1 N–H and O–H groups in total. The zero-order valence-corrected chi connectivity index (χ0v) is 18.3. The molecule has 7 heteroatoms. The van der Waals surface area contributed by atoms with E-state index in [1.807, 2.05) is 36.4 Å². The summed E-state index contributed by atoms with van der Waals surface area (Å²) in [6.07, 6.45) is 0.751. The van der Waals surface area contributed by atoms with Crippen molar-refractivity contribution in [2.75, 3.05) is 14.2 Å². The van der Waals surface area contributed by atoms with Crippen LogP contribution in [0.15, 0.2) is 77.9 Å². The van der Waals surface area contributed by atoms with Gasteiger partial charge in [-0.3, -0.25) is 4.79 Å². The summed E-state index contributed by atoms with van der Waals surface area (Å²) >= 11 is 0. The van der Waals surface area contributed by atoms with Gasteiger partial charge in [-0.25, -0.2) is 5.43 Å². The van der Waals surface area contributed by atoms with E-state index in [4.69, 9.17) is 18.9 Å². The van der Waals surface area contributed by atoms with E-state index in [2.05, 4.69) is 10.5 Å². The van der Waals surface area contributed by atoms with Crippen LogP contribution in [0.25, 0.3) is 0 Å². The van der Waals surface area contributed by atoms with E-state index in [1.165, 1.54) is 6.21 Å². The van der Waals surface area contributed by atoms with Crippen molar-refractivity contribution in [3.8, 4) is 23.0 Å². The van der Waals surface area contributed by atoms with Crippen molar-refractivity contribution in [3.05, 3.63) is 83.9 Å². The molecule has 32 heavy (non-hydrogen) atoms. The van der Waals surface area contributed by atoms with Crippen LogP contribution in [0.3, 0.4) is 0 Å². The average molecular weight is 434 g/mol. The van der Waals surface area contributed by atoms with Crippen LogP contribution >= 0.6 is 0 Å². The number of ether oxygens (including phenoxy) is 4. The molecule has 0 aliphatic carbocycles. The Morgan fingerprint density at radius 1 is 0.938 bits per heavy atom. The van der Waals surface area contributed by atoms with Crippen LogP contribution in [0.1, 0.15) is 18.1 Å². The second-order valence-electron chi connectivity index (χ2n) is 6.82. The van der Waals surface area contributed by atoms with Gasteiger partial charge in [0.15, 0.2) is 17.6 Å². The zero-order valence-electron chi connectivity index (χ0n) is 18.3. The number of rotatable bonds is 10. The molecule has 0 saturated heterocycles. The second kappa shape index (κ2) is 11.4. The highest BCUT2D eigenvalue weighted by molar-refractivity contribution is 5.87. The molecule has 0 spiro atoms. The molecule has 0 fully saturated rings. The normalized spacial score (nSPS) is 11.6. The largest absolute Gasteiger partial charge is 0.493 e. The summed E-state index contributed by atoms with van der Waals surface area (Å²) < 4.78 is 22.0. The Hall–Kier alpha value is -4.00. The van der Waals surface area contributed by atoms with Crippen molar-refractivity contribution in [1.29, 1.82) is 0 Å². The molecule has 3 rings (SSSR count). The van der Waals surface area contributed by atoms with Crippen LogP contribution in [0.5, 0.6) is 23.0 Å². The lowest BCUT2D eigenvalue weighted by Crippen LogP contribution is -2.33. The van der Waals surface area contributed by atoms with Crippen molar-refractivity contribution in [1.82, 2.24) is 5.43 Å². The van der Waals surface area contributed by atoms with Crippen molar-refractivity contribution in [3.63, 3.8) is 0 Å². The van der Waals surface area contributed by atoms with Crippen molar-refractivity contribution in [2.24, 2.45) is 5.10 Å². The van der Waals surface area contributed by atoms with E-state index >= 15 is 0 Å². The molecule has 7 nitrogen and oxygen atoms in total. The lowest BCUT2D eigenvalue weighted by atomic mass is 10.2. The van der Waals surface area contributed by atoms with Gasteiger partial charge >= 0.3 is 0 Å². The summed E-state index contributed by atoms with van der Waals surface area (Å²) in [6, 6.07) is 22.4. The van der Waals surface area contributed by atoms with Gasteiger partial charge in [0.1, 0.15) is 18.1 Å². The third-order valence-electron chi connectivity index (χ3n) is 4.57. The molecule has 0 radical (unpaired) electrons. The van der Waals surface area contributed by atoms with Gasteiger partial charge in [0, 0.05) is 5.56 Å². The summed E-state index contributed by atoms with van der Waals surface area (Å²) in [5, 5.41) is 4.00. The van der Waals surface area contributed by atoms with Gasteiger partial charge in [-0.2, -0.15) is 5.10 Å². The van der Waals surface area contributed by atoms with Gasteiger partial charge in [0.25, 0.3) is 5.91 Å². The molecule has 1 amide bonds. The maximum absolute atomic E-state index is 12.3. The first kappa shape index (κ1) is 22.7. The minimum atomic E-state index is -0.740. The van der Waals surface area contributed by atoms with Crippen molar-refractivity contribution >= 4 is 12.1 Å². The molecule has 0 aliphatic heterocycles. The van der Waals surface area contributed by atoms with Gasteiger partial charge < -0.3 is 18.9 Å². The number of amides is 1. The first-order valence-electron chi connectivity index (χ1n) is 10.1. The average Bonchev–Trinajstić information content (AvgIpc) is 2.83. The van der Waals surface area contributed by atoms with Crippen LogP contribution in [-0.2, 0) is 11.4 Å². The van der Waals surface area contributed by atoms with Gasteiger partial charge in [-0.15, -0.1) is 0 Å². The molecular formula is C25H26N2O5. The third kappa shape index (κ3) is 6.25. The van der Waals surface area contributed by atoms with Crippen LogP contribution in [0.2, 0.25) is 0 Å². The van der Waals surface area contributed by atoms with Gasteiger partial charge in [-0.05, 0) is 48.9 Å². The number of hydrogen-bond acceptors (Lipinski definition) is 6. The summed E-state index contributed by atoms with van der Waals surface area (Å²) in [5.74, 6) is 2.00. The van der Waals surface area contributed by atoms with Crippen LogP contribution in [0.4, 0.5) is 0 Å². The van der Waals surface area contributed by atoms with E-state index in [0.29, 0.717) is 29.4 Å². The van der Waals surface area contributed by atoms with Crippen LogP contribution in [-0.4, -0.2) is 32.4 Å². The number of methoxy groups -OCH3 is 2. The summed E-state index contributed by atoms with van der Waals surface area (Å²) in [7, 11) is 3.10. The molecule has 0 bridgehead atoms. The Kier molecular flexibility index (Phi) is 8.09. The maximum Gasteiger partial charge on any atom is 0.280 e. The lowest BCUT2D eigenvalue weighted by Gasteiger charge is -2.14. The smallest absolute Gasteiger partial charge is 0.280 e. The van der Waals surface area contributed by atoms with E-state index in [9.17, 15) is 4.79 Å². The number of benzene rings is 3. The van der Waals surface area contributed by atoms with Crippen molar-refractivity contribution < 1.29 is 23.7 Å². The third-order valence-corrected chi connectivity index (χ3v) is 4.57. The molecule has 0 heterocycles. The van der Waals surface area contributed by atoms with Gasteiger partial charge in [0.2, 0.25) is 0 Å². The molecule has 1 atom stereocenters. The zero-order chi connectivity index (χ0) is 22.8. The SMILES string of the molecule is COc1cccc(C=NNC(=O)[C@H](C)Oc2ccc(OCc3ccccc3)cc2)c1OC. The Balaban J connectivity index is 1.50. The molecule has 166 valence electrons. The first-order chi connectivity index (χ1) is 15.6. The second-order valence-corrected chi connectivity index (χ2v) is 6.82. The molecule has 3 aromatic carbocycles. The van der Waals surface area contributed by atoms with E-state index in [0.717, 1.165) is 11.3 Å². The van der Waals surface area contributed by atoms with E-state index in [1.54, 1.807) is 57.5 Å². The predicted molar refractivity (Wildman–Crippen MR) is 123 cm³/mol. The Morgan fingerprint density at radius 2 is 1.66 bits per heavy atom. The monoisotopic (exact) mass is 434 g/mol. The Morgan fingerprint density at radius 3 is 2.34 bits per heavy atom. The lowest BCUT2D eigenvalue weighted by molar-refractivity contribution is -0.127. The predicted octanol–water partition coefficient (Wildman–Crippen LogP) is 4.20. The fourth-order valence-electron chi connectivity index (χ4n) is 2.88. The van der Waals surface area contributed by atoms with E-state index in [-0.39, 0.29) is 5.91 Å². The molecular weight excluding hydrogens is 408 g/mol. The standard InChI is InChI=1S/C25H26N2O5/c1-18(25(28)27-26-16-20-10-7-11-23(29-2)24(20)30-3)32-22-14-12-21(13-15-22)31-17-19-8-5-4-6-9-19/h4-16,18H,17H2,1-3H3,(H,27,28)/t18-/m0/s1. The molecule has 3 aromatic rings. The van der Waals surface area contributed by atoms with Crippen LogP contribution < -0.4 is 24.4 Å². The highest BCUT2D eigenvalue weighted by atomic mass is 16.5. The molecule has 0 unspecified atom stereocenters.